The molecule has 0 bridgehead atoms. The van der Waals surface area contributed by atoms with E-state index in [1.54, 1.807) is 32.1 Å². The van der Waals surface area contributed by atoms with E-state index < -0.39 is 0 Å². The summed E-state index contributed by atoms with van der Waals surface area (Å²) in [5.74, 6) is 6.41. The quantitative estimate of drug-likeness (QED) is 0.356. The molecule has 0 aromatic carbocycles. The van der Waals surface area contributed by atoms with Gasteiger partial charge in [0.15, 0.2) is 0 Å². The van der Waals surface area contributed by atoms with Gasteiger partial charge in [0.05, 0.1) is 0 Å². The fourth-order valence-corrected chi connectivity index (χ4v) is 6.67. The van der Waals surface area contributed by atoms with Crippen LogP contribution in [0.1, 0.15) is 111 Å². The number of hydrogen-bond acceptors (Lipinski definition) is 0. The van der Waals surface area contributed by atoms with Crippen molar-refractivity contribution < 1.29 is 0 Å². The van der Waals surface area contributed by atoms with E-state index >= 15 is 0 Å². The zero-order valence-corrected chi connectivity index (χ0v) is 17.4. The van der Waals surface area contributed by atoms with Crippen molar-refractivity contribution in [3.05, 3.63) is 11.6 Å². The molecule has 0 heterocycles. The summed E-state index contributed by atoms with van der Waals surface area (Å²) >= 11 is 0. The highest BCUT2D eigenvalue weighted by atomic mass is 14.5. The summed E-state index contributed by atoms with van der Waals surface area (Å²) in [6.07, 6.45) is 23.5. The van der Waals surface area contributed by atoms with Crippen molar-refractivity contribution in [2.45, 2.75) is 111 Å². The Labute approximate surface area is 158 Å². The molecule has 0 aromatic heterocycles. The summed E-state index contributed by atoms with van der Waals surface area (Å²) in [6, 6.07) is 0. The Hall–Kier alpha value is -0.260. The monoisotopic (exact) mass is 344 g/mol. The molecular weight excluding hydrogens is 300 g/mol. The van der Waals surface area contributed by atoms with Crippen LogP contribution in [0.3, 0.4) is 0 Å². The molecule has 144 valence electrons. The summed E-state index contributed by atoms with van der Waals surface area (Å²) in [7, 11) is 0. The average molecular weight is 345 g/mol. The van der Waals surface area contributed by atoms with Crippen molar-refractivity contribution in [3.8, 4) is 0 Å². The minimum atomic E-state index is 0.904. The summed E-state index contributed by atoms with van der Waals surface area (Å²) < 4.78 is 0. The first kappa shape index (κ1) is 19.5. The molecule has 5 unspecified atom stereocenters. The Morgan fingerprint density at radius 2 is 1.76 bits per heavy atom. The summed E-state index contributed by atoms with van der Waals surface area (Å²) in [5, 5.41) is 0. The maximum absolute atomic E-state index is 2.69. The van der Waals surface area contributed by atoms with Crippen molar-refractivity contribution in [3.63, 3.8) is 0 Å². The van der Waals surface area contributed by atoms with Gasteiger partial charge in [-0.3, -0.25) is 0 Å². The van der Waals surface area contributed by atoms with Crippen LogP contribution in [0.4, 0.5) is 0 Å². The molecule has 0 nitrogen and oxygen atoms in total. The third-order valence-corrected chi connectivity index (χ3v) is 7.95. The molecule has 0 amide bonds. The first-order chi connectivity index (χ1) is 12.2. The summed E-state index contributed by atoms with van der Waals surface area (Å²) in [5.41, 5.74) is 1.88. The molecule has 0 saturated heterocycles. The highest BCUT2D eigenvalue weighted by molar-refractivity contribution is 5.17. The number of rotatable bonds is 4. The van der Waals surface area contributed by atoms with E-state index in [4.69, 9.17) is 0 Å². The third-order valence-electron chi connectivity index (χ3n) is 7.95. The molecule has 4 rings (SSSR count). The maximum atomic E-state index is 2.69. The van der Waals surface area contributed by atoms with E-state index in [0.29, 0.717) is 0 Å². The summed E-state index contributed by atoms with van der Waals surface area (Å²) in [6.45, 7) is 6.83. The molecular formula is C25H44. The van der Waals surface area contributed by atoms with Gasteiger partial charge >= 0.3 is 0 Å². The lowest BCUT2D eigenvalue weighted by atomic mass is 9.57. The molecule has 0 radical (unpaired) electrons. The Balaban J connectivity index is 0.000000197. The second kappa shape index (κ2) is 9.61. The molecule has 5 atom stereocenters. The van der Waals surface area contributed by atoms with Gasteiger partial charge in [-0.2, -0.15) is 0 Å². The van der Waals surface area contributed by atoms with E-state index in [9.17, 15) is 0 Å². The lowest BCUT2D eigenvalue weighted by Crippen LogP contribution is -2.39. The molecule has 0 N–H and O–H groups in total. The van der Waals surface area contributed by atoms with Crippen molar-refractivity contribution in [1.29, 1.82) is 0 Å². The number of fused-ring (bicyclic) bond motifs is 5. The number of unbranched alkanes of at least 4 members (excludes halogenated alkanes) is 2. The Morgan fingerprint density at radius 3 is 2.56 bits per heavy atom. The van der Waals surface area contributed by atoms with Crippen molar-refractivity contribution >= 4 is 0 Å². The van der Waals surface area contributed by atoms with E-state index in [1.807, 2.05) is 5.57 Å². The first-order valence-corrected chi connectivity index (χ1v) is 11.9. The topological polar surface area (TPSA) is 0 Å². The van der Waals surface area contributed by atoms with Gasteiger partial charge in [-0.1, -0.05) is 77.4 Å². The molecule has 25 heavy (non-hydrogen) atoms. The van der Waals surface area contributed by atoms with Gasteiger partial charge in [0, 0.05) is 0 Å². The second-order valence-corrected chi connectivity index (χ2v) is 10.0. The zero-order chi connectivity index (χ0) is 17.6. The average Bonchev–Trinajstić information content (AvgIpc) is 3.11. The fourth-order valence-electron chi connectivity index (χ4n) is 6.67. The molecule has 0 aromatic rings. The number of allylic oxidation sites excluding steroid dienone is 2. The van der Waals surface area contributed by atoms with Crippen LogP contribution < -0.4 is 0 Å². The highest BCUT2D eigenvalue weighted by Crippen LogP contribution is 2.56. The molecule has 0 spiro atoms. The normalized spacial score (nSPS) is 36.6. The van der Waals surface area contributed by atoms with Gasteiger partial charge < -0.3 is 0 Å². The van der Waals surface area contributed by atoms with Crippen LogP contribution in [0.5, 0.6) is 0 Å². The summed E-state index contributed by atoms with van der Waals surface area (Å²) in [4.78, 5) is 0. The SMILES string of the molecule is C1=C2CCCCC2C2CCC3CCCC3C2C1.CCCCCC(C)C. The first-order valence-electron chi connectivity index (χ1n) is 11.9. The largest absolute Gasteiger partial charge is 0.0847 e. The van der Waals surface area contributed by atoms with Crippen molar-refractivity contribution in [1.82, 2.24) is 0 Å². The molecule has 3 fully saturated rings. The van der Waals surface area contributed by atoms with Gasteiger partial charge in [-0.15, -0.1) is 0 Å². The Morgan fingerprint density at radius 1 is 0.880 bits per heavy atom. The third kappa shape index (κ3) is 4.92. The minimum Gasteiger partial charge on any atom is -0.0847 e. The van der Waals surface area contributed by atoms with Crippen LogP contribution in [-0.4, -0.2) is 0 Å². The van der Waals surface area contributed by atoms with Gasteiger partial charge in [0.25, 0.3) is 0 Å². The van der Waals surface area contributed by atoms with Gasteiger partial charge in [0.2, 0.25) is 0 Å². The van der Waals surface area contributed by atoms with Crippen LogP contribution in [0.25, 0.3) is 0 Å². The lowest BCUT2D eigenvalue weighted by molar-refractivity contribution is 0.0637. The maximum Gasteiger partial charge on any atom is -0.0172 e. The van der Waals surface area contributed by atoms with Crippen molar-refractivity contribution in [2.75, 3.05) is 0 Å². The van der Waals surface area contributed by atoms with E-state index in [-0.39, 0.29) is 0 Å². The molecule has 4 aliphatic rings. The van der Waals surface area contributed by atoms with Gasteiger partial charge in [-0.05, 0) is 80.5 Å². The molecule has 0 aliphatic heterocycles. The second-order valence-electron chi connectivity index (χ2n) is 10.0. The lowest BCUT2D eigenvalue weighted by Gasteiger charge is -2.48. The molecule has 0 heteroatoms. The van der Waals surface area contributed by atoms with Crippen LogP contribution in [0.15, 0.2) is 11.6 Å². The van der Waals surface area contributed by atoms with E-state index in [1.165, 1.54) is 57.8 Å². The molecule has 3 saturated carbocycles. The van der Waals surface area contributed by atoms with Crippen LogP contribution >= 0.6 is 0 Å². The number of hydrogen-bond donors (Lipinski definition) is 0. The standard InChI is InChI=1S/C17H26.C8H18/c1-2-6-14-12(4-1)8-10-17-15-7-3-5-13(15)9-11-16(14)17;1-4-5-6-7-8(2)3/h8,13-17H,1-7,9-11H2;8H,4-7H2,1-3H3. The predicted molar refractivity (Wildman–Crippen MR) is 111 cm³/mol. The zero-order valence-electron chi connectivity index (χ0n) is 17.4. The van der Waals surface area contributed by atoms with Crippen molar-refractivity contribution in [2.24, 2.45) is 35.5 Å². The Kier molecular flexibility index (Phi) is 7.50. The van der Waals surface area contributed by atoms with Gasteiger partial charge in [0.1, 0.15) is 0 Å². The minimum absolute atomic E-state index is 0.904. The van der Waals surface area contributed by atoms with Gasteiger partial charge in [-0.25, -0.2) is 0 Å². The molecule has 4 aliphatic carbocycles. The van der Waals surface area contributed by atoms with Crippen LogP contribution in [0.2, 0.25) is 0 Å². The van der Waals surface area contributed by atoms with Crippen LogP contribution in [0, 0.1) is 35.5 Å². The highest BCUT2D eigenvalue weighted by Gasteiger charge is 2.46. The van der Waals surface area contributed by atoms with E-state index in [0.717, 1.165) is 35.5 Å². The van der Waals surface area contributed by atoms with E-state index in [2.05, 4.69) is 26.8 Å². The fraction of sp³-hybridized carbons (Fsp3) is 0.920. The predicted octanol–water partition coefficient (Wildman–Crippen LogP) is 8.17. The smallest absolute Gasteiger partial charge is 0.0172 e. The Bertz CT molecular complexity index is 418. The van der Waals surface area contributed by atoms with Crippen LogP contribution in [-0.2, 0) is 0 Å².